The van der Waals surface area contributed by atoms with Gasteiger partial charge in [0, 0.05) is 22.6 Å². The fourth-order valence-electron chi connectivity index (χ4n) is 2.34. The number of aromatic nitrogens is 1. The second-order valence-electron chi connectivity index (χ2n) is 5.66. The van der Waals surface area contributed by atoms with Gasteiger partial charge >= 0.3 is 0 Å². The first-order valence-corrected chi connectivity index (χ1v) is 8.41. The van der Waals surface area contributed by atoms with Crippen molar-refractivity contribution in [3.05, 3.63) is 76.1 Å². The fourth-order valence-corrected chi connectivity index (χ4v) is 2.61. The second kappa shape index (κ2) is 7.11. The van der Waals surface area contributed by atoms with Gasteiger partial charge in [0.1, 0.15) is 6.26 Å². The van der Waals surface area contributed by atoms with Gasteiger partial charge in [-0.05, 0) is 43.7 Å². The Bertz CT molecular complexity index is 763. The summed E-state index contributed by atoms with van der Waals surface area (Å²) < 4.78 is 6.62. The molecule has 0 aliphatic carbocycles. The molecule has 0 aliphatic rings. The van der Waals surface area contributed by atoms with E-state index in [1.54, 1.807) is 6.26 Å². The first kappa shape index (κ1) is 16.0. The molecular formula is C19H19BrN2O. The maximum atomic E-state index is 5.58. The Hall–Kier alpha value is -1.91. The average molecular weight is 371 g/mol. The van der Waals surface area contributed by atoms with Gasteiger partial charge in [-0.2, -0.15) is 0 Å². The van der Waals surface area contributed by atoms with E-state index in [1.807, 2.05) is 24.3 Å². The van der Waals surface area contributed by atoms with Gasteiger partial charge in [-0.3, -0.25) is 0 Å². The number of nitrogens with one attached hydrogen (secondary N) is 1. The Labute approximate surface area is 144 Å². The first-order chi connectivity index (χ1) is 11.1. The molecule has 118 valence electrons. The van der Waals surface area contributed by atoms with Gasteiger partial charge in [0.2, 0.25) is 5.89 Å². The topological polar surface area (TPSA) is 38.1 Å². The molecule has 0 saturated heterocycles. The van der Waals surface area contributed by atoms with E-state index >= 15 is 0 Å². The molecule has 0 amide bonds. The van der Waals surface area contributed by atoms with Gasteiger partial charge < -0.3 is 9.73 Å². The maximum absolute atomic E-state index is 5.58. The maximum Gasteiger partial charge on any atom is 0.226 e. The van der Waals surface area contributed by atoms with Crippen molar-refractivity contribution in [3.8, 4) is 11.5 Å². The van der Waals surface area contributed by atoms with E-state index in [2.05, 4.69) is 64.3 Å². The van der Waals surface area contributed by atoms with Crippen LogP contribution in [-0.2, 0) is 6.54 Å². The lowest BCUT2D eigenvalue weighted by Crippen LogP contribution is -2.18. The zero-order chi connectivity index (χ0) is 16.2. The molecule has 1 unspecified atom stereocenters. The van der Waals surface area contributed by atoms with Gasteiger partial charge in [-0.25, -0.2) is 4.98 Å². The summed E-state index contributed by atoms with van der Waals surface area (Å²) in [6, 6.07) is 16.8. The quantitative estimate of drug-likeness (QED) is 0.665. The predicted octanol–water partition coefficient (Wildman–Crippen LogP) is 5.26. The van der Waals surface area contributed by atoms with Crippen molar-refractivity contribution in [1.29, 1.82) is 0 Å². The number of hydrogen-bond donors (Lipinski definition) is 1. The average Bonchev–Trinajstić information content (AvgIpc) is 3.03. The lowest BCUT2D eigenvalue weighted by molar-refractivity contribution is 0.553. The molecule has 1 atom stereocenters. The summed E-state index contributed by atoms with van der Waals surface area (Å²) in [6.07, 6.45) is 1.71. The summed E-state index contributed by atoms with van der Waals surface area (Å²) >= 11 is 3.43. The van der Waals surface area contributed by atoms with Gasteiger partial charge in [0.15, 0.2) is 0 Å². The van der Waals surface area contributed by atoms with Crippen LogP contribution >= 0.6 is 15.9 Å². The molecule has 0 saturated carbocycles. The van der Waals surface area contributed by atoms with Crippen LogP contribution in [0, 0.1) is 6.92 Å². The van der Waals surface area contributed by atoms with E-state index in [-0.39, 0.29) is 6.04 Å². The van der Waals surface area contributed by atoms with Crippen molar-refractivity contribution in [3.63, 3.8) is 0 Å². The van der Waals surface area contributed by atoms with Crippen LogP contribution in [0.25, 0.3) is 11.5 Å². The Morgan fingerprint density at radius 3 is 2.48 bits per heavy atom. The standard InChI is InChI=1S/C19H19BrN2O/c1-13-3-5-15(6-4-13)14(2)21-11-18-12-23-19(22-18)16-7-9-17(20)10-8-16/h3-10,12,14,21H,11H2,1-2H3. The van der Waals surface area contributed by atoms with E-state index in [1.165, 1.54) is 11.1 Å². The summed E-state index contributed by atoms with van der Waals surface area (Å²) in [5, 5.41) is 3.48. The molecule has 3 nitrogen and oxygen atoms in total. The van der Waals surface area contributed by atoms with Crippen LogP contribution in [0.15, 0.2) is 63.7 Å². The highest BCUT2D eigenvalue weighted by atomic mass is 79.9. The minimum absolute atomic E-state index is 0.267. The predicted molar refractivity (Wildman–Crippen MR) is 96.1 cm³/mol. The number of halogens is 1. The van der Waals surface area contributed by atoms with Crippen LogP contribution in [0.5, 0.6) is 0 Å². The monoisotopic (exact) mass is 370 g/mol. The van der Waals surface area contributed by atoms with Crippen molar-refractivity contribution in [1.82, 2.24) is 10.3 Å². The minimum Gasteiger partial charge on any atom is -0.444 e. The Morgan fingerprint density at radius 1 is 1.09 bits per heavy atom. The number of nitrogens with zero attached hydrogens (tertiary/aromatic N) is 1. The van der Waals surface area contributed by atoms with Crippen LogP contribution in [0.2, 0.25) is 0 Å². The molecular weight excluding hydrogens is 352 g/mol. The van der Waals surface area contributed by atoms with Crippen LogP contribution in [0.4, 0.5) is 0 Å². The second-order valence-corrected chi connectivity index (χ2v) is 6.58. The molecule has 4 heteroatoms. The van der Waals surface area contributed by atoms with Crippen LogP contribution < -0.4 is 5.32 Å². The Kier molecular flexibility index (Phi) is 4.94. The molecule has 3 rings (SSSR count). The molecule has 0 radical (unpaired) electrons. The van der Waals surface area contributed by atoms with Crippen molar-refractivity contribution in [2.45, 2.75) is 26.4 Å². The zero-order valence-electron chi connectivity index (χ0n) is 13.2. The van der Waals surface area contributed by atoms with E-state index in [0.717, 1.165) is 15.7 Å². The van der Waals surface area contributed by atoms with Gasteiger partial charge in [-0.15, -0.1) is 0 Å². The molecule has 23 heavy (non-hydrogen) atoms. The van der Waals surface area contributed by atoms with Crippen LogP contribution in [0.3, 0.4) is 0 Å². The SMILES string of the molecule is Cc1ccc(C(C)NCc2coc(-c3ccc(Br)cc3)n2)cc1. The smallest absolute Gasteiger partial charge is 0.226 e. The van der Waals surface area contributed by atoms with Gasteiger partial charge in [0.05, 0.1) is 5.69 Å². The summed E-state index contributed by atoms with van der Waals surface area (Å²) in [6.45, 7) is 4.93. The van der Waals surface area contributed by atoms with Crippen molar-refractivity contribution < 1.29 is 4.42 Å². The van der Waals surface area contributed by atoms with E-state index in [4.69, 9.17) is 4.42 Å². The number of benzene rings is 2. The number of oxazole rings is 1. The fraction of sp³-hybridized carbons (Fsp3) is 0.211. The van der Waals surface area contributed by atoms with Gasteiger partial charge in [-0.1, -0.05) is 45.8 Å². The Morgan fingerprint density at radius 2 is 1.78 bits per heavy atom. The summed E-state index contributed by atoms with van der Waals surface area (Å²) in [5.74, 6) is 0.650. The molecule has 2 aromatic carbocycles. The van der Waals surface area contributed by atoms with Gasteiger partial charge in [0.25, 0.3) is 0 Å². The third kappa shape index (κ3) is 4.09. The first-order valence-electron chi connectivity index (χ1n) is 7.62. The third-order valence-electron chi connectivity index (χ3n) is 3.81. The number of rotatable bonds is 5. The molecule has 0 aliphatic heterocycles. The Balaban J connectivity index is 1.63. The van der Waals surface area contributed by atoms with Crippen LogP contribution in [0.1, 0.15) is 29.8 Å². The molecule has 1 heterocycles. The highest BCUT2D eigenvalue weighted by Crippen LogP contribution is 2.21. The molecule has 1 N–H and O–H groups in total. The number of aryl methyl sites for hydroxylation is 1. The normalized spacial score (nSPS) is 12.3. The summed E-state index contributed by atoms with van der Waals surface area (Å²) in [5.41, 5.74) is 4.43. The van der Waals surface area contributed by atoms with E-state index in [0.29, 0.717) is 12.4 Å². The molecule has 0 fully saturated rings. The lowest BCUT2D eigenvalue weighted by Gasteiger charge is -2.13. The zero-order valence-corrected chi connectivity index (χ0v) is 14.8. The van der Waals surface area contributed by atoms with Crippen molar-refractivity contribution >= 4 is 15.9 Å². The molecule has 1 aromatic heterocycles. The molecule has 0 bridgehead atoms. The summed E-state index contributed by atoms with van der Waals surface area (Å²) in [7, 11) is 0. The molecule has 0 spiro atoms. The third-order valence-corrected chi connectivity index (χ3v) is 4.34. The number of hydrogen-bond acceptors (Lipinski definition) is 3. The van der Waals surface area contributed by atoms with E-state index < -0.39 is 0 Å². The van der Waals surface area contributed by atoms with Crippen molar-refractivity contribution in [2.24, 2.45) is 0 Å². The highest BCUT2D eigenvalue weighted by molar-refractivity contribution is 9.10. The van der Waals surface area contributed by atoms with E-state index in [9.17, 15) is 0 Å². The highest BCUT2D eigenvalue weighted by Gasteiger charge is 2.09. The minimum atomic E-state index is 0.267. The summed E-state index contributed by atoms with van der Waals surface area (Å²) in [4.78, 5) is 4.55. The van der Waals surface area contributed by atoms with Crippen LogP contribution in [-0.4, -0.2) is 4.98 Å². The lowest BCUT2D eigenvalue weighted by atomic mass is 10.1. The largest absolute Gasteiger partial charge is 0.444 e. The van der Waals surface area contributed by atoms with Crippen molar-refractivity contribution in [2.75, 3.05) is 0 Å². The molecule has 3 aromatic rings.